The van der Waals surface area contributed by atoms with Crippen LogP contribution in [0.1, 0.15) is 5.56 Å². The number of ether oxygens (including phenoxy) is 2. The summed E-state index contributed by atoms with van der Waals surface area (Å²) in [6.07, 6.45) is -4.74. The van der Waals surface area contributed by atoms with Gasteiger partial charge < -0.3 is 14.8 Å². The van der Waals surface area contributed by atoms with E-state index in [1.54, 1.807) is 0 Å². The number of anilines is 2. The minimum absolute atomic E-state index is 0.0147. The number of hydrogen-bond donors (Lipinski definition) is 1. The lowest BCUT2D eigenvalue weighted by molar-refractivity contribution is -0.137. The van der Waals surface area contributed by atoms with Crippen molar-refractivity contribution in [3.63, 3.8) is 0 Å². The van der Waals surface area contributed by atoms with Gasteiger partial charge in [0.25, 0.3) is 10.0 Å². The molecule has 1 N–H and O–H groups in total. The van der Waals surface area contributed by atoms with Crippen LogP contribution in [0.4, 0.5) is 24.5 Å². The van der Waals surface area contributed by atoms with Crippen LogP contribution in [-0.2, 0) is 21.0 Å². The molecule has 0 unspecified atom stereocenters. The molecule has 0 bridgehead atoms. The van der Waals surface area contributed by atoms with Crippen LogP contribution in [0, 0.1) is 0 Å². The number of nitrogens with one attached hydrogen (secondary N) is 1. The second kappa shape index (κ2) is 10.9. The van der Waals surface area contributed by atoms with E-state index >= 15 is 0 Å². The monoisotopic (exact) mass is 562 g/mol. The van der Waals surface area contributed by atoms with E-state index < -0.39 is 34.2 Å². The number of halogens is 5. The summed E-state index contributed by atoms with van der Waals surface area (Å²) in [5, 5.41) is 2.59. The molecule has 0 saturated carbocycles. The highest BCUT2D eigenvalue weighted by Gasteiger charge is 2.33. The first-order chi connectivity index (χ1) is 16.9. The third kappa shape index (κ3) is 5.97. The summed E-state index contributed by atoms with van der Waals surface area (Å²) in [7, 11) is -1.92. The van der Waals surface area contributed by atoms with E-state index in [-0.39, 0.29) is 37.8 Å². The predicted molar refractivity (Wildman–Crippen MR) is 131 cm³/mol. The van der Waals surface area contributed by atoms with E-state index in [1.807, 2.05) is 0 Å². The molecule has 0 fully saturated rings. The summed E-state index contributed by atoms with van der Waals surface area (Å²) < 4.78 is 78.1. The average molecular weight is 563 g/mol. The Morgan fingerprint density at radius 3 is 2.28 bits per heavy atom. The molecule has 7 nitrogen and oxygen atoms in total. The molecular formula is C23H19Cl2F3N2O5S. The Kier molecular flexibility index (Phi) is 8.27. The number of rotatable bonds is 8. The highest BCUT2D eigenvalue weighted by atomic mass is 35.5. The molecule has 13 heteroatoms. The van der Waals surface area contributed by atoms with Crippen LogP contribution in [0.15, 0.2) is 65.6 Å². The number of carbonyl (C=O) groups excluding carboxylic acids is 1. The Morgan fingerprint density at radius 1 is 0.972 bits per heavy atom. The van der Waals surface area contributed by atoms with Crippen LogP contribution in [0.25, 0.3) is 0 Å². The van der Waals surface area contributed by atoms with Gasteiger partial charge in [0.1, 0.15) is 6.54 Å². The van der Waals surface area contributed by atoms with Crippen molar-refractivity contribution in [1.82, 2.24) is 0 Å². The summed E-state index contributed by atoms with van der Waals surface area (Å²) in [5.41, 5.74) is -1.38. The Bertz CT molecular complexity index is 1380. The van der Waals surface area contributed by atoms with Crippen molar-refractivity contribution in [2.24, 2.45) is 0 Å². The van der Waals surface area contributed by atoms with Gasteiger partial charge in [-0.3, -0.25) is 9.10 Å². The summed E-state index contributed by atoms with van der Waals surface area (Å²) >= 11 is 12.0. The van der Waals surface area contributed by atoms with Crippen LogP contribution >= 0.6 is 23.2 Å². The lowest BCUT2D eigenvalue weighted by Gasteiger charge is -2.25. The first kappa shape index (κ1) is 27.4. The van der Waals surface area contributed by atoms with Crippen molar-refractivity contribution in [2.75, 3.05) is 30.4 Å². The Balaban J connectivity index is 2.08. The molecule has 0 spiro atoms. The van der Waals surface area contributed by atoms with Crippen LogP contribution in [0.5, 0.6) is 11.5 Å². The molecule has 0 radical (unpaired) electrons. The first-order valence-electron chi connectivity index (χ1n) is 10.0. The van der Waals surface area contributed by atoms with Gasteiger partial charge in [-0.25, -0.2) is 8.42 Å². The second-order valence-electron chi connectivity index (χ2n) is 7.23. The van der Waals surface area contributed by atoms with Crippen LogP contribution in [0.2, 0.25) is 10.0 Å². The van der Waals surface area contributed by atoms with Gasteiger partial charge in [-0.15, -0.1) is 0 Å². The van der Waals surface area contributed by atoms with E-state index in [2.05, 4.69) is 5.32 Å². The molecule has 0 aliphatic heterocycles. The summed E-state index contributed by atoms with van der Waals surface area (Å²) in [6, 6.07) is 11.7. The maximum Gasteiger partial charge on any atom is 0.416 e. The highest BCUT2D eigenvalue weighted by molar-refractivity contribution is 7.92. The van der Waals surface area contributed by atoms with E-state index in [9.17, 15) is 26.4 Å². The molecule has 0 atom stereocenters. The average Bonchev–Trinajstić information content (AvgIpc) is 2.84. The number of methoxy groups -OCH3 is 2. The van der Waals surface area contributed by atoms with Gasteiger partial charge in [-0.2, -0.15) is 13.2 Å². The zero-order chi connectivity index (χ0) is 26.7. The van der Waals surface area contributed by atoms with E-state index in [1.165, 1.54) is 44.6 Å². The van der Waals surface area contributed by atoms with Gasteiger partial charge in [0.2, 0.25) is 5.91 Å². The Morgan fingerprint density at radius 2 is 1.64 bits per heavy atom. The summed E-state index contributed by atoms with van der Waals surface area (Å²) in [4.78, 5) is 12.5. The zero-order valence-corrected chi connectivity index (χ0v) is 21.1. The van der Waals surface area contributed by atoms with Gasteiger partial charge >= 0.3 is 6.18 Å². The minimum atomic E-state index is -4.74. The largest absolute Gasteiger partial charge is 0.493 e. The fourth-order valence-corrected chi connectivity index (χ4v) is 4.95. The lowest BCUT2D eigenvalue weighted by Crippen LogP contribution is -2.38. The van der Waals surface area contributed by atoms with Crippen molar-refractivity contribution in [3.05, 3.63) is 76.3 Å². The SMILES string of the molecule is COc1ccc(S(=O)(=O)N(CC(=O)Nc2cccc(Cl)c2Cl)c2cccc(C(F)(F)F)c2)cc1OC. The molecule has 0 saturated heterocycles. The van der Waals surface area contributed by atoms with Crippen molar-refractivity contribution >= 4 is 50.5 Å². The Hall–Kier alpha value is -3.15. The van der Waals surface area contributed by atoms with E-state index in [0.29, 0.717) is 10.4 Å². The third-order valence-electron chi connectivity index (χ3n) is 4.92. The molecule has 36 heavy (non-hydrogen) atoms. The van der Waals surface area contributed by atoms with Crippen molar-refractivity contribution in [3.8, 4) is 11.5 Å². The fraction of sp³-hybridized carbons (Fsp3) is 0.174. The molecule has 0 aliphatic carbocycles. The van der Waals surface area contributed by atoms with Gasteiger partial charge in [0.05, 0.1) is 46.1 Å². The number of nitrogens with zero attached hydrogens (tertiary/aromatic N) is 1. The lowest BCUT2D eigenvalue weighted by atomic mass is 10.2. The normalized spacial score (nSPS) is 11.6. The standard InChI is InChI=1S/C23H19Cl2F3N2O5S/c1-34-19-10-9-16(12-20(19)35-2)36(32,33)30(15-6-3-5-14(11-15)23(26,27)28)13-21(31)29-18-8-4-7-17(24)22(18)25/h3-12H,13H2,1-2H3,(H,29,31). The van der Waals surface area contributed by atoms with Gasteiger partial charge in [-0.1, -0.05) is 35.3 Å². The van der Waals surface area contributed by atoms with Crippen LogP contribution in [-0.4, -0.2) is 35.1 Å². The maximum absolute atomic E-state index is 13.6. The number of benzene rings is 3. The van der Waals surface area contributed by atoms with Crippen LogP contribution < -0.4 is 19.1 Å². The molecule has 0 heterocycles. The van der Waals surface area contributed by atoms with Gasteiger partial charge in [0, 0.05) is 6.07 Å². The maximum atomic E-state index is 13.6. The fourth-order valence-electron chi connectivity index (χ4n) is 3.18. The topological polar surface area (TPSA) is 84.9 Å². The quantitative estimate of drug-likeness (QED) is 0.371. The summed E-state index contributed by atoms with van der Waals surface area (Å²) in [6.45, 7) is -0.874. The molecule has 0 aromatic heterocycles. The zero-order valence-electron chi connectivity index (χ0n) is 18.8. The number of sulfonamides is 1. The van der Waals surface area contributed by atoms with Crippen molar-refractivity contribution in [1.29, 1.82) is 0 Å². The number of alkyl halides is 3. The molecule has 3 rings (SSSR count). The first-order valence-corrected chi connectivity index (χ1v) is 12.2. The second-order valence-corrected chi connectivity index (χ2v) is 9.87. The smallest absolute Gasteiger partial charge is 0.416 e. The molecule has 0 aliphatic rings. The molecule has 3 aromatic rings. The predicted octanol–water partition coefficient (Wildman–Crippen LogP) is 5.86. The molecule has 1 amide bonds. The number of carbonyl (C=O) groups is 1. The van der Waals surface area contributed by atoms with E-state index in [0.717, 1.165) is 24.3 Å². The summed E-state index contributed by atoms with van der Waals surface area (Å²) in [5.74, 6) is -0.575. The minimum Gasteiger partial charge on any atom is -0.493 e. The van der Waals surface area contributed by atoms with E-state index in [4.69, 9.17) is 32.7 Å². The molecule has 192 valence electrons. The highest BCUT2D eigenvalue weighted by Crippen LogP contribution is 2.35. The van der Waals surface area contributed by atoms with Crippen molar-refractivity contribution < 1.29 is 35.9 Å². The van der Waals surface area contributed by atoms with Crippen molar-refractivity contribution in [2.45, 2.75) is 11.1 Å². The van der Waals surface area contributed by atoms with Gasteiger partial charge in [0.15, 0.2) is 11.5 Å². The van der Waals surface area contributed by atoms with Gasteiger partial charge in [-0.05, 0) is 42.5 Å². The number of amides is 1. The number of hydrogen-bond acceptors (Lipinski definition) is 5. The molecule has 3 aromatic carbocycles. The molecular weight excluding hydrogens is 544 g/mol. The Labute approximate surface area is 215 Å². The van der Waals surface area contributed by atoms with Crippen LogP contribution in [0.3, 0.4) is 0 Å². The third-order valence-corrected chi connectivity index (χ3v) is 7.51.